The molecule has 5 heteroatoms. The van der Waals surface area contributed by atoms with Gasteiger partial charge in [0.25, 0.3) is 0 Å². The molecule has 0 radical (unpaired) electrons. The lowest BCUT2D eigenvalue weighted by atomic mass is 10.1. The standard InChI is InChI=1S/C14H18N2O3/c1-10(15)11-4-3-5-13(6-11)18-8-12-7-14(9-17-2)19-16-12/h3-7,10H,8-9,15H2,1-2H3. The summed E-state index contributed by atoms with van der Waals surface area (Å²) in [6.45, 7) is 2.70. The van der Waals surface area contributed by atoms with E-state index in [1.165, 1.54) is 0 Å². The zero-order valence-electron chi connectivity index (χ0n) is 11.1. The summed E-state index contributed by atoms with van der Waals surface area (Å²) in [6, 6.07) is 9.53. The molecule has 102 valence electrons. The lowest BCUT2D eigenvalue weighted by molar-refractivity contribution is 0.155. The minimum absolute atomic E-state index is 0.0103. The monoisotopic (exact) mass is 262 g/mol. The van der Waals surface area contributed by atoms with Crippen LogP contribution in [0.1, 0.15) is 30.0 Å². The Labute approximate surface area is 112 Å². The van der Waals surface area contributed by atoms with Crippen molar-refractivity contribution in [1.82, 2.24) is 5.16 Å². The Balaban J connectivity index is 1.95. The molecule has 1 heterocycles. The molecule has 0 saturated carbocycles. The highest BCUT2D eigenvalue weighted by Gasteiger charge is 2.06. The lowest BCUT2D eigenvalue weighted by Crippen LogP contribution is -2.05. The molecule has 5 nitrogen and oxygen atoms in total. The topological polar surface area (TPSA) is 70.5 Å². The first-order valence-corrected chi connectivity index (χ1v) is 6.11. The van der Waals surface area contributed by atoms with E-state index < -0.39 is 0 Å². The van der Waals surface area contributed by atoms with E-state index in [1.54, 1.807) is 7.11 Å². The highest BCUT2D eigenvalue weighted by molar-refractivity contribution is 5.30. The smallest absolute Gasteiger partial charge is 0.162 e. The van der Waals surface area contributed by atoms with Gasteiger partial charge in [-0.1, -0.05) is 17.3 Å². The van der Waals surface area contributed by atoms with Crippen molar-refractivity contribution in [2.45, 2.75) is 26.2 Å². The summed E-state index contributed by atoms with van der Waals surface area (Å²) in [7, 11) is 1.61. The normalized spacial score (nSPS) is 12.4. The molecule has 1 aromatic carbocycles. The number of benzene rings is 1. The first-order valence-electron chi connectivity index (χ1n) is 6.11. The Morgan fingerprint density at radius 3 is 2.89 bits per heavy atom. The van der Waals surface area contributed by atoms with E-state index in [4.69, 9.17) is 19.7 Å². The zero-order valence-corrected chi connectivity index (χ0v) is 11.1. The van der Waals surface area contributed by atoms with Gasteiger partial charge in [0.15, 0.2) is 5.76 Å². The van der Waals surface area contributed by atoms with Gasteiger partial charge in [0.1, 0.15) is 24.7 Å². The van der Waals surface area contributed by atoms with E-state index in [0.29, 0.717) is 19.0 Å². The predicted molar refractivity (Wildman–Crippen MR) is 70.6 cm³/mol. The molecule has 0 aliphatic rings. The Morgan fingerprint density at radius 1 is 1.32 bits per heavy atom. The van der Waals surface area contributed by atoms with Crippen LogP contribution in [0.3, 0.4) is 0 Å². The van der Waals surface area contributed by atoms with Crippen molar-refractivity contribution in [2.75, 3.05) is 7.11 Å². The number of methoxy groups -OCH3 is 1. The highest BCUT2D eigenvalue weighted by atomic mass is 16.5. The summed E-state index contributed by atoms with van der Waals surface area (Å²) < 4.78 is 15.7. The fourth-order valence-corrected chi connectivity index (χ4v) is 1.68. The van der Waals surface area contributed by atoms with Gasteiger partial charge in [-0.15, -0.1) is 0 Å². The number of nitrogens with two attached hydrogens (primary N) is 1. The molecule has 2 rings (SSSR count). The van der Waals surface area contributed by atoms with Gasteiger partial charge < -0.3 is 19.7 Å². The second kappa shape index (κ2) is 6.36. The minimum Gasteiger partial charge on any atom is -0.487 e. The van der Waals surface area contributed by atoms with E-state index >= 15 is 0 Å². The number of hydrogen-bond acceptors (Lipinski definition) is 5. The molecule has 1 atom stereocenters. The molecule has 1 unspecified atom stereocenters. The van der Waals surface area contributed by atoms with Gasteiger partial charge in [0.2, 0.25) is 0 Å². The third-order valence-electron chi connectivity index (χ3n) is 2.66. The molecule has 19 heavy (non-hydrogen) atoms. The summed E-state index contributed by atoms with van der Waals surface area (Å²) in [4.78, 5) is 0. The second-order valence-electron chi connectivity index (χ2n) is 4.37. The van der Waals surface area contributed by atoms with Crippen molar-refractivity contribution in [2.24, 2.45) is 5.73 Å². The molecule has 0 fully saturated rings. The van der Waals surface area contributed by atoms with Crippen LogP contribution >= 0.6 is 0 Å². The Hall–Kier alpha value is -1.85. The average molecular weight is 262 g/mol. The van der Waals surface area contributed by atoms with Crippen molar-refractivity contribution < 1.29 is 14.0 Å². The maximum atomic E-state index is 5.83. The first-order chi connectivity index (χ1) is 9.19. The van der Waals surface area contributed by atoms with Gasteiger partial charge in [-0.2, -0.15) is 0 Å². The number of ether oxygens (including phenoxy) is 2. The summed E-state index contributed by atoms with van der Waals surface area (Å²) in [5.41, 5.74) is 7.60. The molecular formula is C14H18N2O3. The molecule has 0 aliphatic heterocycles. The molecule has 2 aromatic rings. The van der Waals surface area contributed by atoms with Crippen molar-refractivity contribution in [3.8, 4) is 5.75 Å². The third-order valence-corrected chi connectivity index (χ3v) is 2.66. The van der Waals surface area contributed by atoms with Crippen LogP contribution in [0.25, 0.3) is 0 Å². The van der Waals surface area contributed by atoms with Crippen LogP contribution in [0.2, 0.25) is 0 Å². The molecule has 2 N–H and O–H groups in total. The van der Waals surface area contributed by atoms with Gasteiger partial charge in [-0.25, -0.2) is 0 Å². The Morgan fingerprint density at radius 2 is 2.16 bits per heavy atom. The molecule has 0 bridgehead atoms. The fraction of sp³-hybridized carbons (Fsp3) is 0.357. The number of hydrogen-bond donors (Lipinski definition) is 1. The predicted octanol–water partition coefficient (Wildman–Crippen LogP) is 2.42. The van der Waals surface area contributed by atoms with E-state index in [9.17, 15) is 0 Å². The quantitative estimate of drug-likeness (QED) is 0.865. The van der Waals surface area contributed by atoms with Gasteiger partial charge >= 0.3 is 0 Å². The Bertz CT molecular complexity index is 523. The molecule has 1 aromatic heterocycles. The van der Waals surface area contributed by atoms with E-state index in [1.807, 2.05) is 37.3 Å². The molecular weight excluding hydrogens is 244 g/mol. The second-order valence-corrected chi connectivity index (χ2v) is 4.37. The number of nitrogens with zero attached hydrogens (tertiary/aromatic N) is 1. The summed E-state index contributed by atoms with van der Waals surface area (Å²) in [5.74, 6) is 1.46. The van der Waals surface area contributed by atoms with Gasteiger partial charge in [0, 0.05) is 19.2 Å². The Kier molecular flexibility index (Phi) is 4.54. The zero-order chi connectivity index (χ0) is 13.7. The fourth-order valence-electron chi connectivity index (χ4n) is 1.68. The number of aromatic nitrogens is 1. The van der Waals surface area contributed by atoms with Crippen LogP contribution in [-0.2, 0) is 18.0 Å². The van der Waals surface area contributed by atoms with Crippen molar-refractivity contribution in [3.05, 3.63) is 47.3 Å². The highest BCUT2D eigenvalue weighted by Crippen LogP contribution is 2.18. The van der Waals surface area contributed by atoms with Crippen LogP contribution in [0.15, 0.2) is 34.9 Å². The molecule has 0 aliphatic carbocycles. The van der Waals surface area contributed by atoms with Crippen molar-refractivity contribution >= 4 is 0 Å². The van der Waals surface area contributed by atoms with Crippen LogP contribution < -0.4 is 10.5 Å². The third kappa shape index (κ3) is 3.81. The van der Waals surface area contributed by atoms with Gasteiger partial charge in [-0.05, 0) is 24.6 Å². The molecule has 0 saturated heterocycles. The SMILES string of the molecule is COCc1cc(COc2cccc(C(C)N)c2)no1. The first kappa shape index (κ1) is 13.6. The van der Waals surface area contributed by atoms with Crippen LogP contribution in [0.5, 0.6) is 5.75 Å². The van der Waals surface area contributed by atoms with E-state index in [2.05, 4.69) is 5.16 Å². The molecule has 0 amide bonds. The maximum absolute atomic E-state index is 5.83. The molecule has 0 spiro atoms. The van der Waals surface area contributed by atoms with Gasteiger partial charge in [-0.3, -0.25) is 0 Å². The maximum Gasteiger partial charge on any atom is 0.162 e. The van der Waals surface area contributed by atoms with Crippen molar-refractivity contribution in [3.63, 3.8) is 0 Å². The van der Waals surface area contributed by atoms with Crippen LogP contribution in [0, 0.1) is 0 Å². The van der Waals surface area contributed by atoms with Crippen LogP contribution in [0.4, 0.5) is 0 Å². The van der Waals surface area contributed by atoms with Crippen molar-refractivity contribution in [1.29, 1.82) is 0 Å². The summed E-state index contributed by atoms with van der Waals surface area (Å²) >= 11 is 0. The lowest BCUT2D eigenvalue weighted by Gasteiger charge is -2.08. The average Bonchev–Trinajstić information content (AvgIpc) is 2.85. The minimum atomic E-state index is -0.0103. The largest absolute Gasteiger partial charge is 0.487 e. The van der Waals surface area contributed by atoms with E-state index in [-0.39, 0.29) is 6.04 Å². The summed E-state index contributed by atoms with van der Waals surface area (Å²) in [5, 5.41) is 3.90. The van der Waals surface area contributed by atoms with Gasteiger partial charge in [0.05, 0.1) is 0 Å². The van der Waals surface area contributed by atoms with E-state index in [0.717, 1.165) is 17.0 Å². The summed E-state index contributed by atoms with van der Waals surface area (Å²) in [6.07, 6.45) is 0. The number of rotatable bonds is 6. The van der Waals surface area contributed by atoms with Crippen LogP contribution in [-0.4, -0.2) is 12.3 Å².